The highest BCUT2D eigenvalue weighted by Gasteiger charge is 2.21. The molecule has 0 unspecified atom stereocenters. The number of H-pyrrole nitrogens is 1. The summed E-state index contributed by atoms with van der Waals surface area (Å²) in [5, 5.41) is -0.561. The van der Waals surface area contributed by atoms with Crippen LogP contribution in [0.5, 0.6) is 0 Å². The predicted molar refractivity (Wildman–Crippen MR) is 141 cm³/mol. The van der Waals surface area contributed by atoms with Crippen LogP contribution in [-0.2, 0) is 0 Å². The van der Waals surface area contributed by atoms with Gasteiger partial charge < -0.3 is 15.6 Å². The van der Waals surface area contributed by atoms with E-state index >= 15 is 0 Å². The van der Waals surface area contributed by atoms with Crippen molar-refractivity contribution < 1.29 is 13.2 Å². The minimum Gasteiger partial charge on any atom is -0.383 e. The number of anilines is 2. The predicted octanol–water partition coefficient (Wildman–Crippen LogP) is 5.10. The molecule has 4 aromatic rings. The summed E-state index contributed by atoms with van der Waals surface area (Å²) in [7, 11) is 0. The Morgan fingerprint density at radius 1 is 0.946 bits per heavy atom. The monoisotopic (exact) mass is 507 g/mol. The quantitative estimate of drug-likeness (QED) is 0.376. The van der Waals surface area contributed by atoms with Gasteiger partial charge in [-0.1, -0.05) is 12.1 Å². The van der Waals surface area contributed by atoms with E-state index in [-0.39, 0.29) is 39.0 Å². The number of nitrogen functional groups attached to an aromatic ring is 1. The standard InChI is InChI=1S/C28H28F3N5O/c1-15(2)35-8-10-36(11-9-35)19-6-4-17(5-7-19)20-14-21(27(32)34-26(20)31)18-12-22-24(23(29)13-18)28(37)33-16(3)25(22)30/h4-7,12-15H,8-11H2,1-3H3,(H2,32,34)(H,33,37). The minimum absolute atomic E-state index is 0.00866. The number of hydrogen-bond donors (Lipinski definition) is 2. The second-order valence-corrected chi connectivity index (χ2v) is 9.70. The number of rotatable bonds is 4. The number of fused-ring (bicyclic) bond motifs is 1. The molecule has 37 heavy (non-hydrogen) atoms. The van der Waals surface area contributed by atoms with Gasteiger partial charge in [-0.15, -0.1) is 0 Å². The Balaban J connectivity index is 1.51. The van der Waals surface area contributed by atoms with Crippen molar-refractivity contribution >= 4 is 22.3 Å². The number of aromatic nitrogens is 2. The second-order valence-electron chi connectivity index (χ2n) is 9.70. The molecule has 3 heterocycles. The van der Waals surface area contributed by atoms with Gasteiger partial charge in [-0.25, -0.2) is 13.8 Å². The summed E-state index contributed by atoms with van der Waals surface area (Å²) < 4.78 is 44.6. The fraction of sp³-hybridized carbons (Fsp3) is 0.286. The van der Waals surface area contributed by atoms with Gasteiger partial charge in [0.05, 0.1) is 11.1 Å². The van der Waals surface area contributed by atoms with Crippen molar-refractivity contribution in [2.24, 2.45) is 0 Å². The first-order chi connectivity index (χ1) is 17.6. The third-order valence-corrected chi connectivity index (χ3v) is 7.09. The fourth-order valence-electron chi connectivity index (χ4n) is 4.94. The van der Waals surface area contributed by atoms with Crippen LogP contribution in [0.15, 0.2) is 47.3 Å². The minimum atomic E-state index is -0.903. The molecular weight excluding hydrogens is 479 g/mol. The summed E-state index contributed by atoms with van der Waals surface area (Å²) in [6.45, 7) is 9.55. The van der Waals surface area contributed by atoms with Gasteiger partial charge in [-0.05, 0) is 62.2 Å². The van der Waals surface area contributed by atoms with Gasteiger partial charge in [0.2, 0.25) is 5.95 Å². The number of aryl methyl sites for hydroxylation is 1. The molecule has 1 aliphatic rings. The van der Waals surface area contributed by atoms with Crippen LogP contribution in [-0.4, -0.2) is 47.1 Å². The maximum absolute atomic E-state index is 14.9. The molecule has 0 saturated carbocycles. The normalized spacial score (nSPS) is 14.6. The van der Waals surface area contributed by atoms with Gasteiger partial charge in [-0.3, -0.25) is 9.69 Å². The maximum Gasteiger partial charge on any atom is 0.259 e. The Morgan fingerprint density at radius 2 is 1.62 bits per heavy atom. The van der Waals surface area contributed by atoms with Crippen molar-refractivity contribution in [2.75, 3.05) is 36.8 Å². The van der Waals surface area contributed by atoms with Crippen molar-refractivity contribution in [3.63, 3.8) is 0 Å². The molecule has 1 saturated heterocycles. The summed E-state index contributed by atoms with van der Waals surface area (Å²) in [5.74, 6) is -2.57. The summed E-state index contributed by atoms with van der Waals surface area (Å²) in [6, 6.07) is 11.9. The van der Waals surface area contributed by atoms with Gasteiger partial charge in [0.15, 0.2) is 0 Å². The maximum atomic E-state index is 14.9. The molecule has 0 radical (unpaired) electrons. The number of aromatic amines is 1. The second kappa shape index (κ2) is 9.55. The fourth-order valence-corrected chi connectivity index (χ4v) is 4.94. The van der Waals surface area contributed by atoms with Gasteiger partial charge in [0, 0.05) is 54.4 Å². The first kappa shape index (κ1) is 24.8. The third-order valence-electron chi connectivity index (χ3n) is 7.09. The summed E-state index contributed by atoms with van der Waals surface area (Å²) in [6.07, 6.45) is 0. The Morgan fingerprint density at radius 3 is 2.27 bits per heavy atom. The van der Waals surface area contributed by atoms with Crippen LogP contribution in [0.1, 0.15) is 19.5 Å². The lowest BCUT2D eigenvalue weighted by Gasteiger charge is -2.38. The van der Waals surface area contributed by atoms with Gasteiger partial charge in [-0.2, -0.15) is 4.39 Å². The molecule has 0 amide bonds. The van der Waals surface area contributed by atoms with Crippen molar-refractivity contribution in [2.45, 2.75) is 26.8 Å². The van der Waals surface area contributed by atoms with E-state index in [1.54, 1.807) is 0 Å². The van der Waals surface area contributed by atoms with Crippen LogP contribution in [0, 0.1) is 24.5 Å². The van der Waals surface area contributed by atoms with Crippen molar-refractivity contribution in [1.29, 1.82) is 0 Å². The summed E-state index contributed by atoms with van der Waals surface area (Å²) >= 11 is 0. The Bertz CT molecular complexity index is 1540. The molecule has 6 nitrogen and oxygen atoms in total. The Labute approximate surface area is 212 Å². The van der Waals surface area contributed by atoms with Gasteiger partial charge >= 0.3 is 0 Å². The van der Waals surface area contributed by atoms with E-state index < -0.39 is 23.1 Å². The van der Waals surface area contributed by atoms with E-state index in [9.17, 15) is 18.0 Å². The Hall–Kier alpha value is -3.85. The Kier molecular flexibility index (Phi) is 6.41. The number of benzene rings is 2. The number of hydrogen-bond acceptors (Lipinski definition) is 5. The molecular formula is C28H28F3N5O. The number of piperazine rings is 1. The third kappa shape index (κ3) is 4.55. The zero-order valence-corrected chi connectivity index (χ0v) is 20.9. The highest BCUT2D eigenvalue weighted by atomic mass is 19.1. The van der Waals surface area contributed by atoms with E-state index in [2.05, 4.69) is 33.6 Å². The molecule has 0 aliphatic carbocycles. The van der Waals surface area contributed by atoms with E-state index in [1.165, 1.54) is 19.1 Å². The molecule has 9 heteroatoms. The van der Waals surface area contributed by atoms with E-state index in [4.69, 9.17) is 5.73 Å². The van der Waals surface area contributed by atoms with Crippen LogP contribution >= 0.6 is 0 Å². The molecule has 3 N–H and O–H groups in total. The van der Waals surface area contributed by atoms with Crippen LogP contribution in [0.2, 0.25) is 0 Å². The van der Waals surface area contributed by atoms with Gasteiger partial charge in [0.25, 0.3) is 5.56 Å². The highest BCUT2D eigenvalue weighted by molar-refractivity contribution is 5.90. The highest BCUT2D eigenvalue weighted by Crippen LogP contribution is 2.35. The van der Waals surface area contributed by atoms with Crippen LogP contribution < -0.4 is 16.2 Å². The number of nitrogens with two attached hydrogens (primary N) is 1. The zero-order chi connectivity index (χ0) is 26.4. The first-order valence-corrected chi connectivity index (χ1v) is 12.2. The molecule has 5 rings (SSSR count). The van der Waals surface area contributed by atoms with Crippen LogP contribution in [0.3, 0.4) is 0 Å². The molecule has 2 aromatic heterocycles. The number of halogens is 3. The van der Waals surface area contributed by atoms with Crippen LogP contribution in [0.25, 0.3) is 33.0 Å². The summed E-state index contributed by atoms with van der Waals surface area (Å²) in [5.41, 5.74) is 7.51. The molecule has 2 aromatic carbocycles. The molecule has 1 aliphatic heterocycles. The number of nitrogens with one attached hydrogen (secondary N) is 1. The molecule has 0 atom stereocenters. The van der Waals surface area contributed by atoms with Crippen molar-refractivity contribution in [3.05, 3.63) is 76.1 Å². The van der Waals surface area contributed by atoms with E-state index in [0.29, 0.717) is 11.6 Å². The zero-order valence-electron chi connectivity index (χ0n) is 20.9. The lowest BCUT2D eigenvalue weighted by Crippen LogP contribution is -2.48. The molecule has 192 valence electrons. The summed E-state index contributed by atoms with van der Waals surface area (Å²) in [4.78, 5) is 23.1. The lowest BCUT2D eigenvalue weighted by molar-refractivity contribution is 0.209. The van der Waals surface area contributed by atoms with Crippen LogP contribution in [0.4, 0.5) is 24.7 Å². The lowest BCUT2D eigenvalue weighted by atomic mass is 9.98. The smallest absolute Gasteiger partial charge is 0.259 e. The SMILES string of the molecule is Cc1[nH]c(=O)c2c(F)cc(-c3cc(-c4ccc(N5CCN(C(C)C)CC5)cc4)c(F)nc3N)cc2c1F. The molecule has 0 bridgehead atoms. The topological polar surface area (TPSA) is 78.2 Å². The average Bonchev–Trinajstić information content (AvgIpc) is 2.87. The molecule has 0 spiro atoms. The number of pyridine rings is 2. The average molecular weight is 508 g/mol. The van der Waals surface area contributed by atoms with E-state index in [0.717, 1.165) is 37.9 Å². The number of nitrogens with zero attached hydrogens (tertiary/aromatic N) is 3. The first-order valence-electron chi connectivity index (χ1n) is 12.2. The van der Waals surface area contributed by atoms with E-state index in [1.807, 2.05) is 24.3 Å². The molecule has 1 fully saturated rings. The van der Waals surface area contributed by atoms with Gasteiger partial charge in [0.1, 0.15) is 17.5 Å². The van der Waals surface area contributed by atoms with Crippen molar-refractivity contribution in [3.8, 4) is 22.3 Å². The van der Waals surface area contributed by atoms with Crippen molar-refractivity contribution in [1.82, 2.24) is 14.9 Å². The largest absolute Gasteiger partial charge is 0.383 e.